The molecule has 2 aliphatic rings. The van der Waals surface area contributed by atoms with Crippen molar-refractivity contribution < 1.29 is 4.74 Å². The van der Waals surface area contributed by atoms with Crippen molar-refractivity contribution in [2.24, 2.45) is 4.99 Å². The average Bonchev–Trinajstić information content (AvgIpc) is 3.42. The van der Waals surface area contributed by atoms with E-state index in [-0.39, 0.29) is 24.0 Å². The monoisotopic (exact) mass is 487 g/mol. The van der Waals surface area contributed by atoms with Crippen molar-refractivity contribution in [1.29, 1.82) is 0 Å². The summed E-state index contributed by atoms with van der Waals surface area (Å²) >= 11 is 0. The zero-order valence-electron chi connectivity index (χ0n) is 16.8. The van der Waals surface area contributed by atoms with Gasteiger partial charge in [0.05, 0.1) is 12.8 Å². The Kier molecular flexibility index (Phi) is 8.95. The molecule has 1 aliphatic carbocycles. The van der Waals surface area contributed by atoms with E-state index in [1.807, 2.05) is 19.2 Å². The molecule has 7 heteroatoms. The Balaban J connectivity index is 0.00000261. The van der Waals surface area contributed by atoms with Crippen LogP contribution in [0.2, 0.25) is 0 Å². The van der Waals surface area contributed by atoms with Gasteiger partial charge in [0.2, 0.25) is 0 Å². The van der Waals surface area contributed by atoms with E-state index < -0.39 is 0 Å². The summed E-state index contributed by atoms with van der Waals surface area (Å²) in [5, 5.41) is 7.05. The quantitative estimate of drug-likeness (QED) is 0.336. The van der Waals surface area contributed by atoms with Gasteiger partial charge in [-0.15, -0.1) is 24.0 Å². The highest BCUT2D eigenvalue weighted by Gasteiger charge is 2.27. The minimum atomic E-state index is 0. The molecule has 1 heterocycles. The molecular weight excluding hydrogens is 453 g/mol. The Morgan fingerprint density at radius 3 is 2.74 bits per heavy atom. The molecule has 2 N–H and O–H groups in total. The topological polar surface area (TPSA) is 52.1 Å². The molecule has 1 atom stereocenters. The van der Waals surface area contributed by atoms with Crippen LogP contribution in [0.1, 0.15) is 26.2 Å². The Labute approximate surface area is 180 Å². The molecule has 1 aliphatic heterocycles. The highest BCUT2D eigenvalue weighted by atomic mass is 127. The molecule has 1 aromatic carbocycles. The third kappa shape index (κ3) is 6.14. The number of anilines is 1. The lowest BCUT2D eigenvalue weighted by Crippen LogP contribution is -2.46. The fourth-order valence-electron chi connectivity index (χ4n) is 3.73. The number of nitrogens with zero attached hydrogens (tertiary/aromatic N) is 3. The lowest BCUT2D eigenvalue weighted by atomic mass is 10.2. The van der Waals surface area contributed by atoms with E-state index in [9.17, 15) is 0 Å². The Morgan fingerprint density at radius 1 is 1.30 bits per heavy atom. The van der Waals surface area contributed by atoms with Crippen LogP contribution in [0.3, 0.4) is 0 Å². The molecule has 3 rings (SSSR count). The molecule has 152 valence electrons. The summed E-state index contributed by atoms with van der Waals surface area (Å²) in [6.07, 6.45) is 3.82. The number of methoxy groups -OCH3 is 1. The molecule has 0 bridgehead atoms. The van der Waals surface area contributed by atoms with E-state index in [4.69, 9.17) is 4.74 Å². The minimum Gasteiger partial charge on any atom is -0.495 e. The number of hydrogen-bond donors (Lipinski definition) is 2. The molecule has 2 fully saturated rings. The van der Waals surface area contributed by atoms with Gasteiger partial charge in [-0.1, -0.05) is 19.1 Å². The van der Waals surface area contributed by atoms with E-state index in [1.165, 1.54) is 18.5 Å². The molecule has 1 aromatic rings. The molecular formula is C20H34IN5O. The molecule has 1 saturated heterocycles. The first-order chi connectivity index (χ1) is 12.7. The Morgan fingerprint density at radius 2 is 2.07 bits per heavy atom. The van der Waals surface area contributed by atoms with Crippen LogP contribution < -0.4 is 20.3 Å². The van der Waals surface area contributed by atoms with Crippen LogP contribution in [0, 0.1) is 0 Å². The summed E-state index contributed by atoms with van der Waals surface area (Å²) in [6, 6.07) is 9.46. The van der Waals surface area contributed by atoms with Crippen LogP contribution in [0.5, 0.6) is 5.75 Å². The van der Waals surface area contributed by atoms with Gasteiger partial charge in [0.15, 0.2) is 5.96 Å². The normalized spacial score (nSPS) is 19.8. The molecule has 1 unspecified atom stereocenters. The maximum atomic E-state index is 5.50. The number of likely N-dealkylation sites (N-methyl/N-ethyl adjacent to an activating group) is 1. The second-order valence-corrected chi connectivity index (χ2v) is 7.11. The number of benzene rings is 1. The SMILES string of the molecule is CCN(CCNC(=NC)NC1CCN(c2ccccc2OC)C1)C1CC1.I. The first kappa shape index (κ1) is 22.1. The molecule has 0 amide bonds. The van der Waals surface area contributed by atoms with Crippen molar-refractivity contribution in [3.8, 4) is 5.75 Å². The minimum absolute atomic E-state index is 0. The third-order valence-corrected chi connectivity index (χ3v) is 5.34. The summed E-state index contributed by atoms with van der Waals surface area (Å²) in [5.41, 5.74) is 1.17. The van der Waals surface area contributed by atoms with E-state index in [0.29, 0.717) is 6.04 Å². The van der Waals surface area contributed by atoms with Gasteiger partial charge in [0.25, 0.3) is 0 Å². The predicted octanol–water partition coefficient (Wildman–Crippen LogP) is 2.54. The molecule has 1 saturated carbocycles. The van der Waals surface area contributed by atoms with Crippen LogP contribution >= 0.6 is 24.0 Å². The highest BCUT2D eigenvalue weighted by molar-refractivity contribution is 14.0. The van der Waals surface area contributed by atoms with Crippen molar-refractivity contribution >= 4 is 35.6 Å². The number of guanidine groups is 1. The van der Waals surface area contributed by atoms with Gasteiger partial charge in [-0.2, -0.15) is 0 Å². The van der Waals surface area contributed by atoms with Gasteiger partial charge < -0.3 is 20.3 Å². The van der Waals surface area contributed by atoms with Crippen LogP contribution in [-0.4, -0.2) is 69.8 Å². The largest absolute Gasteiger partial charge is 0.495 e. The van der Waals surface area contributed by atoms with E-state index >= 15 is 0 Å². The van der Waals surface area contributed by atoms with E-state index in [0.717, 1.165) is 56.9 Å². The summed E-state index contributed by atoms with van der Waals surface area (Å²) < 4.78 is 5.50. The summed E-state index contributed by atoms with van der Waals surface area (Å²) in [7, 11) is 3.58. The number of ether oxygens (including phenoxy) is 1. The first-order valence-electron chi connectivity index (χ1n) is 9.84. The van der Waals surface area contributed by atoms with Crippen molar-refractivity contribution in [3.63, 3.8) is 0 Å². The molecule has 0 aromatic heterocycles. The number of para-hydroxylation sites is 2. The van der Waals surface area contributed by atoms with E-state index in [2.05, 4.69) is 44.5 Å². The van der Waals surface area contributed by atoms with Crippen molar-refractivity contribution in [2.45, 2.75) is 38.3 Å². The van der Waals surface area contributed by atoms with Gasteiger partial charge in [-0.25, -0.2) is 0 Å². The van der Waals surface area contributed by atoms with Crippen LogP contribution in [-0.2, 0) is 0 Å². The van der Waals surface area contributed by atoms with Crippen LogP contribution in [0.25, 0.3) is 0 Å². The Bertz CT molecular complexity index is 608. The fourth-order valence-corrected chi connectivity index (χ4v) is 3.73. The van der Waals surface area contributed by atoms with Crippen LogP contribution in [0.15, 0.2) is 29.3 Å². The molecule has 6 nitrogen and oxygen atoms in total. The summed E-state index contributed by atoms with van der Waals surface area (Å²) in [4.78, 5) is 9.34. The van der Waals surface area contributed by atoms with Gasteiger partial charge in [0.1, 0.15) is 5.75 Å². The van der Waals surface area contributed by atoms with Gasteiger partial charge in [-0.05, 0) is 37.9 Å². The highest BCUT2D eigenvalue weighted by Crippen LogP contribution is 2.30. The summed E-state index contributed by atoms with van der Waals surface area (Å²) in [5.74, 6) is 1.85. The lowest BCUT2D eigenvalue weighted by molar-refractivity contribution is 0.282. The number of rotatable bonds is 8. The second-order valence-electron chi connectivity index (χ2n) is 7.11. The number of halogens is 1. The number of aliphatic imine (C=N–C) groups is 1. The molecule has 27 heavy (non-hydrogen) atoms. The summed E-state index contributed by atoms with van der Waals surface area (Å²) in [6.45, 7) is 7.39. The van der Waals surface area contributed by atoms with Gasteiger partial charge >= 0.3 is 0 Å². The zero-order valence-corrected chi connectivity index (χ0v) is 19.1. The van der Waals surface area contributed by atoms with Crippen molar-refractivity contribution in [1.82, 2.24) is 15.5 Å². The standard InChI is InChI=1S/C20H33N5O.HI/c1-4-24(17-9-10-17)14-12-22-20(21-2)23-16-11-13-25(15-16)18-7-5-6-8-19(18)26-3;/h5-8,16-17H,4,9-15H2,1-3H3,(H2,21,22,23);1H. The van der Waals surface area contributed by atoms with E-state index in [1.54, 1.807) is 7.11 Å². The fraction of sp³-hybridized carbons (Fsp3) is 0.650. The maximum Gasteiger partial charge on any atom is 0.191 e. The molecule has 0 radical (unpaired) electrons. The van der Waals surface area contributed by atoms with Crippen molar-refractivity contribution in [2.75, 3.05) is 51.8 Å². The third-order valence-electron chi connectivity index (χ3n) is 5.34. The predicted molar refractivity (Wildman–Crippen MR) is 124 cm³/mol. The van der Waals surface area contributed by atoms with Gasteiger partial charge in [0, 0.05) is 45.3 Å². The van der Waals surface area contributed by atoms with Crippen LogP contribution in [0.4, 0.5) is 5.69 Å². The number of nitrogens with one attached hydrogen (secondary N) is 2. The van der Waals surface area contributed by atoms with Crippen molar-refractivity contribution in [3.05, 3.63) is 24.3 Å². The number of hydrogen-bond acceptors (Lipinski definition) is 4. The lowest BCUT2D eigenvalue weighted by Gasteiger charge is -2.23. The second kappa shape index (κ2) is 10.9. The maximum absolute atomic E-state index is 5.50. The Hall–Kier alpha value is -1.22. The average molecular weight is 487 g/mol. The smallest absolute Gasteiger partial charge is 0.191 e. The first-order valence-corrected chi connectivity index (χ1v) is 9.84. The zero-order chi connectivity index (χ0) is 18.4. The molecule has 0 spiro atoms. The van der Waals surface area contributed by atoms with Gasteiger partial charge in [-0.3, -0.25) is 9.89 Å².